The maximum absolute atomic E-state index is 12.4. The second kappa shape index (κ2) is 10.4. The molecule has 0 spiro atoms. The van der Waals surface area contributed by atoms with Crippen molar-refractivity contribution in [2.45, 2.75) is 46.1 Å². The highest BCUT2D eigenvalue weighted by Gasteiger charge is 2.26. The van der Waals surface area contributed by atoms with Crippen molar-refractivity contribution in [2.75, 3.05) is 13.2 Å². The summed E-state index contributed by atoms with van der Waals surface area (Å²) in [5, 5.41) is 8.86. The summed E-state index contributed by atoms with van der Waals surface area (Å²) < 4.78 is 9.81. The Morgan fingerprint density at radius 3 is 2.66 bits per heavy atom. The molecule has 0 aliphatic carbocycles. The molecule has 1 aromatic rings. The number of rotatable bonds is 8. The molecule has 2 rings (SSSR count). The van der Waals surface area contributed by atoms with Crippen molar-refractivity contribution >= 4 is 23.8 Å². The fraction of sp³-hybridized carbons (Fsp3) is 0.611. The molecular formula is C18H27N5O6. The van der Waals surface area contributed by atoms with Gasteiger partial charge in [-0.1, -0.05) is 19.0 Å². The molecule has 1 aliphatic rings. The Morgan fingerprint density at radius 2 is 2.07 bits per heavy atom. The summed E-state index contributed by atoms with van der Waals surface area (Å²) in [5.74, 6) is -0.928. The molecule has 2 heterocycles. The molecule has 11 heteroatoms. The minimum Gasteiger partial charge on any atom is -0.448 e. The van der Waals surface area contributed by atoms with Gasteiger partial charge < -0.3 is 19.9 Å². The fourth-order valence-corrected chi connectivity index (χ4v) is 2.69. The largest absolute Gasteiger partial charge is 0.448 e. The van der Waals surface area contributed by atoms with E-state index in [1.165, 1.54) is 6.07 Å². The number of hydrazine groups is 1. The first kappa shape index (κ1) is 22.2. The summed E-state index contributed by atoms with van der Waals surface area (Å²) >= 11 is 0. The average Bonchev–Trinajstić information content (AvgIpc) is 3.29. The molecule has 4 amide bonds. The van der Waals surface area contributed by atoms with E-state index in [0.717, 1.165) is 0 Å². The lowest BCUT2D eigenvalue weighted by molar-refractivity contribution is -0.125. The predicted octanol–water partition coefficient (Wildman–Crippen LogP) is 0.411. The van der Waals surface area contributed by atoms with E-state index >= 15 is 0 Å². The molecule has 11 nitrogen and oxygen atoms in total. The van der Waals surface area contributed by atoms with Gasteiger partial charge in [0, 0.05) is 12.6 Å². The van der Waals surface area contributed by atoms with E-state index in [9.17, 15) is 19.2 Å². The average molecular weight is 409 g/mol. The highest BCUT2D eigenvalue weighted by molar-refractivity contribution is 5.96. The minimum atomic E-state index is -0.890. The Kier molecular flexibility index (Phi) is 7.98. The molecular weight excluding hydrogens is 382 g/mol. The molecule has 0 bridgehead atoms. The maximum atomic E-state index is 12.4. The third kappa shape index (κ3) is 7.09. The second-order valence-electron chi connectivity index (χ2n) is 7.31. The van der Waals surface area contributed by atoms with E-state index in [2.05, 4.69) is 26.6 Å². The summed E-state index contributed by atoms with van der Waals surface area (Å²) in [6, 6.07) is 0.574. The molecule has 0 radical (unpaired) electrons. The Bertz CT molecular complexity index is 747. The smallest absolute Gasteiger partial charge is 0.426 e. The lowest BCUT2D eigenvalue weighted by atomic mass is 10.0. The molecule has 1 aliphatic heterocycles. The number of aryl methyl sites for hydroxylation is 1. The SMILES string of the molecule is Cc1cc(C(=O)NC(CCC(C)C)C(=O)NNC(=O)OCC2CCNC2=O)no1. The summed E-state index contributed by atoms with van der Waals surface area (Å²) in [6.45, 7) is 6.11. The van der Waals surface area contributed by atoms with Crippen LogP contribution in [0, 0.1) is 18.8 Å². The van der Waals surface area contributed by atoms with Crippen molar-refractivity contribution in [3.63, 3.8) is 0 Å². The van der Waals surface area contributed by atoms with Gasteiger partial charge in [0.25, 0.3) is 11.8 Å². The quantitative estimate of drug-likeness (QED) is 0.454. The molecule has 1 fully saturated rings. The number of aromatic nitrogens is 1. The van der Waals surface area contributed by atoms with E-state index in [-0.39, 0.29) is 24.1 Å². The van der Waals surface area contributed by atoms with Crippen molar-refractivity contribution in [3.8, 4) is 0 Å². The van der Waals surface area contributed by atoms with Crippen LogP contribution in [0.15, 0.2) is 10.6 Å². The van der Waals surface area contributed by atoms with Crippen molar-refractivity contribution < 1.29 is 28.4 Å². The molecule has 0 aromatic carbocycles. The summed E-state index contributed by atoms with van der Waals surface area (Å²) in [4.78, 5) is 47.9. The fourth-order valence-electron chi connectivity index (χ4n) is 2.69. The molecule has 2 unspecified atom stereocenters. The standard InChI is InChI=1S/C18H27N5O6/c1-10(2)4-5-13(20-16(25)14-8-11(3)29-23-14)17(26)21-22-18(27)28-9-12-6-7-19-15(12)24/h8,10,12-13H,4-7,9H2,1-3H3,(H,19,24)(H,20,25)(H,21,26)(H,22,27). The number of amides is 4. The molecule has 29 heavy (non-hydrogen) atoms. The number of hydrogen-bond donors (Lipinski definition) is 4. The van der Waals surface area contributed by atoms with E-state index in [4.69, 9.17) is 9.26 Å². The Morgan fingerprint density at radius 1 is 1.31 bits per heavy atom. The zero-order chi connectivity index (χ0) is 21.4. The van der Waals surface area contributed by atoms with Crippen molar-refractivity contribution in [1.29, 1.82) is 0 Å². The predicted molar refractivity (Wildman–Crippen MR) is 100 cm³/mol. The van der Waals surface area contributed by atoms with Crippen LogP contribution in [0.4, 0.5) is 4.79 Å². The lowest BCUT2D eigenvalue weighted by Crippen LogP contribution is -2.52. The number of carbonyl (C=O) groups excluding carboxylic acids is 4. The zero-order valence-corrected chi connectivity index (χ0v) is 16.7. The Labute approximate surface area is 168 Å². The highest BCUT2D eigenvalue weighted by Crippen LogP contribution is 2.10. The van der Waals surface area contributed by atoms with Gasteiger partial charge in [-0.2, -0.15) is 0 Å². The van der Waals surface area contributed by atoms with E-state index in [0.29, 0.717) is 37.5 Å². The van der Waals surface area contributed by atoms with Gasteiger partial charge in [-0.25, -0.2) is 10.2 Å². The first-order valence-corrected chi connectivity index (χ1v) is 9.50. The number of hydrogen-bond acceptors (Lipinski definition) is 7. The summed E-state index contributed by atoms with van der Waals surface area (Å²) in [6.07, 6.45) is 0.741. The minimum absolute atomic E-state index is 0.0621. The van der Waals surface area contributed by atoms with Crippen molar-refractivity contribution in [3.05, 3.63) is 17.5 Å². The topological polar surface area (TPSA) is 152 Å². The zero-order valence-electron chi connectivity index (χ0n) is 16.7. The third-order valence-corrected chi connectivity index (χ3v) is 4.38. The first-order chi connectivity index (χ1) is 13.8. The number of carbonyl (C=O) groups is 4. The number of nitrogens with one attached hydrogen (secondary N) is 4. The van der Waals surface area contributed by atoms with E-state index in [1.807, 2.05) is 13.8 Å². The van der Waals surface area contributed by atoms with Crippen LogP contribution in [0.3, 0.4) is 0 Å². The van der Waals surface area contributed by atoms with Gasteiger partial charge in [-0.3, -0.25) is 19.8 Å². The maximum Gasteiger partial charge on any atom is 0.426 e. The molecule has 4 N–H and O–H groups in total. The number of ether oxygens (including phenoxy) is 1. The van der Waals surface area contributed by atoms with Crippen LogP contribution in [-0.2, 0) is 14.3 Å². The van der Waals surface area contributed by atoms with Crippen LogP contribution in [0.5, 0.6) is 0 Å². The van der Waals surface area contributed by atoms with Crippen LogP contribution in [0.1, 0.15) is 49.4 Å². The van der Waals surface area contributed by atoms with Crippen LogP contribution < -0.4 is 21.5 Å². The van der Waals surface area contributed by atoms with Gasteiger partial charge in [0.1, 0.15) is 18.4 Å². The van der Waals surface area contributed by atoms with E-state index < -0.39 is 23.9 Å². The second-order valence-corrected chi connectivity index (χ2v) is 7.31. The van der Waals surface area contributed by atoms with Crippen LogP contribution >= 0.6 is 0 Å². The Hall–Kier alpha value is -3.11. The monoisotopic (exact) mass is 409 g/mol. The van der Waals surface area contributed by atoms with Crippen LogP contribution in [-0.4, -0.2) is 48.2 Å². The van der Waals surface area contributed by atoms with Gasteiger partial charge in [0.05, 0.1) is 5.92 Å². The van der Waals surface area contributed by atoms with Gasteiger partial charge in [-0.15, -0.1) is 0 Å². The third-order valence-electron chi connectivity index (χ3n) is 4.38. The normalized spacial score (nSPS) is 16.8. The van der Waals surface area contributed by atoms with Crippen molar-refractivity contribution in [1.82, 2.24) is 26.6 Å². The van der Waals surface area contributed by atoms with Gasteiger partial charge in [0.15, 0.2) is 5.69 Å². The molecule has 2 atom stereocenters. The molecule has 1 aromatic heterocycles. The van der Waals surface area contributed by atoms with Crippen LogP contribution in [0.25, 0.3) is 0 Å². The van der Waals surface area contributed by atoms with Crippen molar-refractivity contribution in [2.24, 2.45) is 11.8 Å². The summed E-state index contributed by atoms with van der Waals surface area (Å²) in [5.41, 5.74) is 4.42. The number of nitrogens with zero attached hydrogens (tertiary/aromatic N) is 1. The molecule has 0 saturated carbocycles. The molecule has 1 saturated heterocycles. The highest BCUT2D eigenvalue weighted by atomic mass is 16.6. The lowest BCUT2D eigenvalue weighted by Gasteiger charge is -2.19. The summed E-state index contributed by atoms with van der Waals surface area (Å²) in [7, 11) is 0. The first-order valence-electron chi connectivity index (χ1n) is 9.50. The van der Waals surface area contributed by atoms with Gasteiger partial charge >= 0.3 is 6.09 Å². The van der Waals surface area contributed by atoms with Crippen LogP contribution in [0.2, 0.25) is 0 Å². The van der Waals surface area contributed by atoms with E-state index in [1.54, 1.807) is 6.92 Å². The van der Waals surface area contributed by atoms with Gasteiger partial charge in [0.2, 0.25) is 5.91 Å². The Balaban J connectivity index is 1.84. The molecule has 160 valence electrons. The van der Waals surface area contributed by atoms with Gasteiger partial charge in [-0.05, 0) is 32.1 Å².